The lowest BCUT2D eigenvalue weighted by molar-refractivity contribution is 0.0940. The molecule has 1 aliphatic carbocycles. The van der Waals surface area contributed by atoms with Gasteiger partial charge in [-0.15, -0.1) is 0 Å². The Bertz CT molecular complexity index is 582. The molecule has 2 N–H and O–H groups in total. The monoisotopic (exact) mass is 307 g/mol. The third kappa shape index (κ3) is 3.78. The first-order chi connectivity index (χ1) is 10.1. The lowest BCUT2D eigenvalue weighted by Crippen LogP contribution is -2.45. The van der Waals surface area contributed by atoms with Crippen LogP contribution in [0.2, 0.25) is 0 Å². The van der Waals surface area contributed by atoms with Crippen molar-refractivity contribution >= 4 is 17.7 Å². The molecular formula is C16H18FNO2S. The van der Waals surface area contributed by atoms with Gasteiger partial charge in [0, 0.05) is 16.9 Å². The molecule has 1 aromatic rings. The van der Waals surface area contributed by atoms with Gasteiger partial charge in [0.2, 0.25) is 0 Å². The fourth-order valence-electron chi connectivity index (χ4n) is 2.28. The number of rotatable bonds is 4. The maximum Gasteiger partial charge on any atom is 0.254 e. The summed E-state index contributed by atoms with van der Waals surface area (Å²) in [5.74, 6) is 4.07. The SMILES string of the molecule is CSC1(CNC(=O)c2ccc(C#CCO)cc2F)CCC1. The molecule has 112 valence electrons. The summed E-state index contributed by atoms with van der Waals surface area (Å²) in [5.41, 5.74) is 0.470. The number of hydrogen-bond acceptors (Lipinski definition) is 3. The summed E-state index contributed by atoms with van der Waals surface area (Å²) >= 11 is 1.76. The molecule has 0 heterocycles. The first-order valence-corrected chi connectivity index (χ1v) is 8.05. The number of amides is 1. The van der Waals surface area contributed by atoms with E-state index in [1.165, 1.54) is 18.6 Å². The zero-order valence-corrected chi connectivity index (χ0v) is 12.7. The van der Waals surface area contributed by atoms with Crippen LogP contribution in [0.25, 0.3) is 0 Å². The number of nitrogens with one attached hydrogen (secondary N) is 1. The van der Waals surface area contributed by atoms with E-state index in [4.69, 9.17) is 5.11 Å². The highest BCUT2D eigenvalue weighted by Gasteiger charge is 2.36. The van der Waals surface area contributed by atoms with E-state index in [0.717, 1.165) is 12.8 Å². The Morgan fingerprint density at radius 3 is 2.81 bits per heavy atom. The summed E-state index contributed by atoms with van der Waals surface area (Å²) in [7, 11) is 0. The van der Waals surface area contributed by atoms with Crippen LogP contribution >= 0.6 is 11.8 Å². The summed E-state index contributed by atoms with van der Waals surface area (Å²) in [5, 5.41) is 11.4. The van der Waals surface area contributed by atoms with E-state index in [1.807, 2.05) is 6.26 Å². The van der Waals surface area contributed by atoms with Gasteiger partial charge in [0.25, 0.3) is 5.91 Å². The van der Waals surface area contributed by atoms with E-state index in [0.29, 0.717) is 12.1 Å². The molecule has 0 unspecified atom stereocenters. The second-order valence-electron chi connectivity index (χ2n) is 5.08. The van der Waals surface area contributed by atoms with Crippen LogP contribution in [0.5, 0.6) is 0 Å². The minimum Gasteiger partial charge on any atom is -0.384 e. The molecule has 1 aliphatic rings. The Morgan fingerprint density at radius 1 is 1.52 bits per heavy atom. The Labute approximate surface area is 128 Å². The minimum absolute atomic E-state index is 0.0279. The van der Waals surface area contributed by atoms with Gasteiger partial charge in [-0.2, -0.15) is 11.8 Å². The standard InChI is InChI=1S/C16H18FNO2S/c1-21-16(7-3-8-16)11-18-15(20)13-6-5-12(4-2-9-19)10-14(13)17/h5-6,10,19H,3,7-9,11H2,1H3,(H,18,20). The summed E-state index contributed by atoms with van der Waals surface area (Å²) in [4.78, 5) is 12.1. The van der Waals surface area contributed by atoms with Crippen molar-refractivity contribution < 1.29 is 14.3 Å². The largest absolute Gasteiger partial charge is 0.384 e. The predicted molar refractivity (Wildman–Crippen MR) is 82.8 cm³/mol. The molecule has 0 aliphatic heterocycles. The maximum absolute atomic E-state index is 13.9. The fourth-order valence-corrected chi connectivity index (χ4v) is 3.19. The van der Waals surface area contributed by atoms with E-state index in [2.05, 4.69) is 17.2 Å². The summed E-state index contributed by atoms with van der Waals surface area (Å²) < 4.78 is 14.1. The number of aliphatic hydroxyl groups excluding tert-OH is 1. The fraction of sp³-hybridized carbons (Fsp3) is 0.438. The van der Waals surface area contributed by atoms with Gasteiger partial charge in [0.15, 0.2) is 0 Å². The van der Waals surface area contributed by atoms with E-state index in [-0.39, 0.29) is 16.9 Å². The van der Waals surface area contributed by atoms with Crippen molar-refractivity contribution in [3.63, 3.8) is 0 Å². The molecule has 1 fully saturated rings. The maximum atomic E-state index is 13.9. The molecule has 1 amide bonds. The van der Waals surface area contributed by atoms with E-state index in [9.17, 15) is 9.18 Å². The van der Waals surface area contributed by atoms with Gasteiger partial charge in [-0.25, -0.2) is 4.39 Å². The molecule has 0 atom stereocenters. The van der Waals surface area contributed by atoms with Gasteiger partial charge in [0.1, 0.15) is 12.4 Å². The van der Waals surface area contributed by atoms with Crippen molar-refractivity contribution in [3.8, 4) is 11.8 Å². The normalized spacial score (nSPS) is 15.6. The van der Waals surface area contributed by atoms with Crippen LogP contribution in [0.1, 0.15) is 35.2 Å². The van der Waals surface area contributed by atoms with Crippen LogP contribution in [0.3, 0.4) is 0 Å². The molecule has 0 spiro atoms. The third-order valence-electron chi connectivity index (χ3n) is 3.79. The zero-order chi connectivity index (χ0) is 15.3. The number of halogens is 1. The molecule has 1 aromatic carbocycles. The lowest BCUT2D eigenvalue weighted by Gasteiger charge is -2.40. The average molecular weight is 307 g/mol. The Balaban J connectivity index is 2.02. The van der Waals surface area contributed by atoms with E-state index < -0.39 is 11.7 Å². The predicted octanol–water partition coefficient (Wildman–Crippen LogP) is 2.19. The Hall–Kier alpha value is -1.51. The Morgan fingerprint density at radius 2 is 2.29 bits per heavy atom. The van der Waals surface area contributed by atoms with Crippen LogP contribution in [0, 0.1) is 17.7 Å². The smallest absolute Gasteiger partial charge is 0.254 e. The molecule has 0 bridgehead atoms. The summed E-state index contributed by atoms with van der Waals surface area (Å²) in [6.07, 6.45) is 5.41. The minimum atomic E-state index is -0.593. The van der Waals surface area contributed by atoms with Crippen molar-refractivity contribution in [2.75, 3.05) is 19.4 Å². The van der Waals surface area contributed by atoms with Gasteiger partial charge in [-0.1, -0.05) is 18.3 Å². The lowest BCUT2D eigenvalue weighted by atomic mass is 9.84. The highest BCUT2D eigenvalue weighted by Crippen LogP contribution is 2.42. The molecule has 1 saturated carbocycles. The number of carbonyl (C=O) groups is 1. The molecule has 21 heavy (non-hydrogen) atoms. The highest BCUT2D eigenvalue weighted by atomic mass is 32.2. The summed E-state index contributed by atoms with van der Waals surface area (Å²) in [6, 6.07) is 4.22. The first kappa shape index (κ1) is 15.9. The summed E-state index contributed by atoms with van der Waals surface area (Å²) in [6.45, 7) is 0.291. The van der Waals surface area contributed by atoms with Gasteiger partial charge in [-0.3, -0.25) is 4.79 Å². The molecule has 0 radical (unpaired) electrons. The van der Waals surface area contributed by atoms with Crippen molar-refractivity contribution in [2.45, 2.75) is 24.0 Å². The quantitative estimate of drug-likeness (QED) is 0.838. The number of hydrogen-bond donors (Lipinski definition) is 2. The van der Waals surface area contributed by atoms with Gasteiger partial charge in [0.05, 0.1) is 5.56 Å². The van der Waals surface area contributed by atoms with Crippen LogP contribution in [-0.4, -0.2) is 35.2 Å². The highest BCUT2D eigenvalue weighted by molar-refractivity contribution is 8.00. The Kier molecular flexibility index (Phi) is 5.27. The van der Waals surface area contributed by atoms with E-state index in [1.54, 1.807) is 17.8 Å². The number of benzene rings is 1. The van der Waals surface area contributed by atoms with Gasteiger partial charge < -0.3 is 10.4 Å². The molecule has 0 aromatic heterocycles. The third-order valence-corrected chi connectivity index (χ3v) is 5.21. The van der Waals surface area contributed by atoms with Crippen LogP contribution < -0.4 is 5.32 Å². The van der Waals surface area contributed by atoms with Crippen molar-refractivity contribution in [2.24, 2.45) is 0 Å². The number of carbonyl (C=O) groups excluding carboxylic acids is 1. The van der Waals surface area contributed by atoms with Crippen LogP contribution in [0.15, 0.2) is 18.2 Å². The van der Waals surface area contributed by atoms with Crippen molar-refractivity contribution in [1.29, 1.82) is 0 Å². The zero-order valence-electron chi connectivity index (χ0n) is 11.9. The van der Waals surface area contributed by atoms with Crippen molar-refractivity contribution in [1.82, 2.24) is 5.32 Å². The van der Waals surface area contributed by atoms with Crippen LogP contribution in [-0.2, 0) is 0 Å². The topological polar surface area (TPSA) is 49.3 Å². The first-order valence-electron chi connectivity index (χ1n) is 6.83. The average Bonchev–Trinajstić information content (AvgIpc) is 2.44. The number of thioether (sulfide) groups is 1. The van der Waals surface area contributed by atoms with Gasteiger partial charge >= 0.3 is 0 Å². The second kappa shape index (κ2) is 6.97. The van der Waals surface area contributed by atoms with E-state index >= 15 is 0 Å². The van der Waals surface area contributed by atoms with Gasteiger partial charge in [-0.05, 0) is 37.3 Å². The molecule has 5 heteroatoms. The second-order valence-corrected chi connectivity index (χ2v) is 6.35. The van der Waals surface area contributed by atoms with Crippen molar-refractivity contribution in [3.05, 3.63) is 35.1 Å². The molecular weight excluding hydrogens is 289 g/mol. The molecule has 2 rings (SSSR count). The molecule has 0 saturated heterocycles. The number of aliphatic hydroxyl groups is 1. The van der Waals surface area contributed by atoms with Crippen LogP contribution in [0.4, 0.5) is 4.39 Å². The molecule has 3 nitrogen and oxygen atoms in total.